The smallest absolute Gasteiger partial charge is 0.277 e. The summed E-state index contributed by atoms with van der Waals surface area (Å²) in [6.45, 7) is 0. The quantitative estimate of drug-likeness (QED) is 0.482. The van der Waals surface area contributed by atoms with E-state index in [2.05, 4.69) is 47.4 Å². The number of methoxy groups -OCH3 is 1. The number of carbonyl (C=O) groups excluding carboxylic acids is 1. The zero-order valence-corrected chi connectivity index (χ0v) is 17.5. The zero-order chi connectivity index (χ0) is 18.5. The van der Waals surface area contributed by atoms with Gasteiger partial charge in [-0.3, -0.25) is 4.79 Å². The third kappa shape index (κ3) is 4.66. The molecule has 0 aliphatic carbocycles. The topological polar surface area (TPSA) is 77.2 Å². The molecule has 0 aliphatic heterocycles. The molecule has 1 N–H and O–H groups in total. The van der Waals surface area contributed by atoms with Gasteiger partial charge in [0.25, 0.3) is 5.22 Å². The summed E-state index contributed by atoms with van der Waals surface area (Å²) in [6.07, 6.45) is 0. The number of rotatable bonds is 6. The van der Waals surface area contributed by atoms with Crippen molar-refractivity contribution >= 4 is 55.2 Å². The summed E-state index contributed by atoms with van der Waals surface area (Å²) in [6, 6.07) is 13.0. The van der Waals surface area contributed by atoms with E-state index < -0.39 is 0 Å². The highest BCUT2D eigenvalue weighted by Gasteiger charge is 2.14. The second kappa shape index (κ2) is 8.70. The molecule has 2 aromatic carbocycles. The zero-order valence-electron chi connectivity index (χ0n) is 13.5. The van der Waals surface area contributed by atoms with Crippen molar-refractivity contribution in [3.63, 3.8) is 0 Å². The van der Waals surface area contributed by atoms with Crippen LogP contribution in [0.15, 0.2) is 61.0 Å². The molecule has 1 amide bonds. The van der Waals surface area contributed by atoms with Crippen molar-refractivity contribution in [2.24, 2.45) is 0 Å². The highest BCUT2D eigenvalue weighted by Crippen LogP contribution is 2.35. The van der Waals surface area contributed by atoms with Crippen molar-refractivity contribution in [3.05, 3.63) is 51.4 Å². The number of hydrogen-bond donors (Lipinski definition) is 1. The van der Waals surface area contributed by atoms with Crippen LogP contribution in [0.2, 0.25) is 0 Å². The molecule has 0 fully saturated rings. The van der Waals surface area contributed by atoms with Gasteiger partial charge in [0.05, 0.1) is 18.6 Å². The lowest BCUT2D eigenvalue weighted by atomic mass is 10.2. The Balaban J connectivity index is 1.61. The fourth-order valence-corrected chi connectivity index (χ4v) is 3.96. The minimum atomic E-state index is -0.193. The Morgan fingerprint density at radius 1 is 1.19 bits per heavy atom. The van der Waals surface area contributed by atoms with Crippen LogP contribution in [-0.4, -0.2) is 29.0 Å². The minimum absolute atomic E-state index is 0.140. The highest BCUT2D eigenvalue weighted by atomic mass is 79.9. The average molecular weight is 499 g/mol. The molecule has 134 valence electrons. The first kappa shape index (κ1) is 18.9. The van der Waals surface area contributed by atoms with Crippen LogP contribution in [0.5, 0.6) is 5.75 Å². The summed E-state index contributed by atoms with van der Waals surface area (Å²) in [4.78, 5) is 12.2. The van der Waals surface area contributed by atoms with Crippen LogP contribution in [0, 0.1) is 0 Å². The molecule has 0 bridgehead atoms. The Morgan fingerprint density at radius 2 is 1.88 bits per heavy atom. The average Bonchev–Trinajstić information content (AvgIpc) is 3.12. The Bertz CT molecular complexity index is 896. The molecule has 0 saturated heterocycles. The van der Waals surface area contributed by atoms with Crippen molar-refractivity contribution < 1.29 is 13.9 Å². The number of hydrogen-bond acceptors (Lipinski definition) is 6. The van der Waals surface area contributed by atoms with Crippen LogP contribution in [-0.2, 0) is 4.79 Å². The number of aromatic nitrogens is 2. The van der Waals surface area contributed by atoms with E-state index in [9.17, 15) is 4.79 Å². The Morgan fingerprint density at radius 3 is 2.54 bits per heavy atom. The second-order valence-corrected chi connectivity index (χ2v) is 7.68. The van der Waals surface area contributed by atoms with Gasteiger partial charge in [0.1, 0.15) is 5.75 Å². The lowest BCUT2D eigenvalue weighted by Crippen LogP contribution is -2.15. The summed E-state index contributed by atoms with van der Waals surface area (Å²) >= 11 is 8.02. The molecular weight excluding hydrogens is 486 g/mol. The molecule has 9 heteroatoms. The molecule has 0 radical (unpaired) electrons. The summed E-state index contributed by atoms with van der Waals surface area (Å²) < 4.78 is 12.2. The van der Waals surface area contributed by atoms with Gasteiger partial charge < -0.3 is 14.5 Å². The van der Waals surface area contributed by atoms with E-state index in [1.165, 1.54) is 11.8 Å². The highest BCUT2D eigenvalue weighted by molar-refractivity contribution is 9.11. The SMILES string of the molecule is COc1cc(Br)c(NC(=O)CSc2nnc(-c3ccccc3)o2)c(Br)c1. The van der Waals surface area contributed by atoms with Crippen LogP contribution in [0.4, 0.5) is 5.69 Å². The van der Waals surface area contributed by atoms with Gasteiger partial charge in [-0.15, -0.1) is 10.2 Å². The lowest BCUT2D eigenvalue weighted by molar-refractivity contribution is -0.113. The van der Waals surface area contributed by atoms with Gasteiger partial charge >= 0.3 is 0 Å². The lowest BCUT2D eigenvalue weighted by Gasteiger charge is -2.11. The molecule has 0 unspecified atom stereocenters. The number of nitrogens with one attached hydrogen (secondary N) is 1. The third-order valence-corrected chi connectivity index (χ3v) is 5.34. The summed E-state index contributed by atoms with van der Waals surface area (Å²) in [5.74, 6) is 1.05. The molecule has 3 rings (SSSR count). The second-order valence-electron chi connectivity index (χ2n) is 5.04. The van der Waals surface area contributed by atoms with Gasteiger partial charge in [-0.1, -0.05) is 30.0 Å². The molecule has 6 nitrogen and oxygen atoms in total. The third-order valence-electron chi connectivity index (χ3n) is 3.27. The fourth-order valence-electron chi connectivity index (χ4n) is 2.06. The van der Waals surface area contributed by atoms with Gasteiger partial charge in [-0.05, 0) is 56.1 Å². The molecule has 0 aliphatic rings. The first-order chi connectivity index (χ1) is 12.6. The maximum absolute atomic E-state index is 12.2. The van der Waals surface area contributed by atoms with E-state index in [1.807, 2.05) is 30.3 Å². The van der Waals surface area contributed by atoms with E-state index in [4.69, 9.17) is 9.15 Å². The Hall–Kier alpha value is -1.84. The number of nitrogens with zero attached hydrogens (tertiary/aromatic N) is 2. The molecule has 3 aromatic rings. The molecule has 0 spiro atoms. The van der Waals surface area contributed by atoms with Crippen LogP contribution < -0.4 is 10.1 Å². The van der Waals surface area contributed by atoms with E-state index in [0.717, 1.165) is 5.56 Å². The number of ether oxygens (including phenoxy) is 1. The van der Waals surface area contributed by atoms with E-state index in [1.54, 1.807) is 19.2 Å². The van der Waals surface area contributed by atoms with Gasteiger partial charge in [0.15, 0.2) is 0 Å². The van der Waals surface area contributed by atoms with E-state index >= 15 is 0 Å². The van der Waals surface area contributed by atoms with Gasteiger partial charge in [-0.2, -0.15) is 0 Å². The first-order valence-corrected chi connectivity index (χ1v) is 9.98. The molecular formula is C17H13Br2N3O3S. The minimum Gasteiger partial charge on any atom is -0.497 e. The maximum Gasteiger partial charge on any atom is 0.277 e. The van der Waals surface area contributed by atoms with Crippen molar-refractivity contribution in [1.82, 2.24) is 10.2 Å². The molecule has 26 heavy (non-hydrogen) atoms. The monoisotopic (exact) mass is 497 g/mol. The summed E-state index contributed by atoms with van der Waals surface area (Å²) in [7, 11) is 1.58. The summed E-state index contributed by atoms with van der Waals surface area (Å²) in [5, 5.41) is 11.1. The maximum atomic E-state index is 12.2. The van der Waals surface area contributed by atoms with Crippen LogP contribution in [0.25, 0.3) is 11.5 Å². The van der Waals surface area contributed by atoms with Crippen molar-refractivity contribution in [1.29, 1.82) is 0 Å². The number of amides is 1. The van der Waals surface area contributed by atoms with Crippen LogP contribution in [0.1, 0.15) is 0 Å². The number of benzene rings is 2. The fraction of sp³-hybridized carbons (Fsp3) is 0.118. The van der Waals surface area contributed by atoms with Crippen molar-refractivity contribution in [3.8, 4) is 17.2 Å². The largest absolute Gasteiger partial charge is 0.497 e. The molecule has 1 heterocycles. The standard InChI is InChI=1S/C17H13Br2N3O3S/c1-24-11-7-12(18)15(13(19)8-11)20-14(23)9-26-17-22-21-16(25-17)10-5-3-2-4-6-10/h2-8H,9H2,1H3,(H,20,23). The van der Waals surface area contributed by atoms with Gasteiger partial charge in [0.2, 0.25) is 11.8 Å². The van der Waals surface area contributed by atoms with Crippen molar-refractivity contribution in [2.45, 2.75) is 5.22 Å². The molecule has 1 aromatic heterocycles. The summed E-state index contributed by atoms with van der Waals surface area (Å²) in [5.41, 5.74) is 1.47. The van der Waals surface area contributed by atoms with Crippen LogP contribution in [0.3, 0.4) is 0 Å². The number of carbonyl (C=O) groups is 1. The molecule has 0 saturated carbocycles. The van der Waals surface area contributed by atoms with Crippen molar-refractivity contribution in [2.75, 3.05) is 18.2 Å². The predicted molar refractivity (Wildman–Crippen MR) is 107 cm³/mol. The van der Waals surface area contributed by atoms with Gasteiger partial charge in [0, 0.05) is 14.5 Å². The van der Waals surface area contributed by atoms with E-state index in [0.29, 0.717) is 31.5 Å². The van der Waals surface area contributed by atoms with Crippen LogP contribution >= 0.6 is 43.6 Å². The Kier molecular flexibility index (Phi) is 6.33. The normalized spacial score (nSPS) is 10.6. The number of halogens is 2. The first-order valence-electron chi connectivity index (χ1n) is 7.41. The number of anilines is 1. The number of thioether (sulfide) groups is 1. The predicted octanol–water partition coefficient (Wildman–Crippen LogP) is 5.00. The molecule has 0 atom stereocenters. The Labute approximate surface area is 171 Å². The van der Waals surface area contributed by atoms with Gasteiger partial charge in [-0.25, -0.2) is 0 Å². The van der Waals surface area contributed by atoms with E-state index in [-0.39, 0.29) is 11.7 Å².